The van der Waals surface area contributed by atoms with Crippen LogP contribution in [-0.4, -0.2) is 46.9 Å². The van der Waals surface area contributed by atoms with Gasteiger partial charge in [0.25, 0.3) is 11.8 Å². The summed E-state index contributed by atoms with van der Waals surface area (Å²) in [7, 11) is 0. The van der Waals surface area contributed by atoms with Crippen molar-refractivity contribution in [3.8, 4) is 0 Å². The van der Waals surface area contributed by atoms with Crippen molar-refractivity contribution in [3.63, 3.8) is 0 Å². The molecule has 0 unspecified atom stereocenters. The third kappa shape index (κ3) is 5.58. The van der Waals surface area contributed by atoms with Gasteiger partial charge in [-0.25, -0.2) is 4.79 Å². The van der Waals surface area contributed by atoms with Gasteiger partial charge in [0.05, 0.1) is 0 Å². The SMILES string of the molecule is Cc1ccc(NC(=O)[C@H](C)OC(=O)CN2C(=O)N[C@@](C)(CCC(C)C)C2=O)c(C)c1. The number of hydrogen-bond donors (Lipinski definition) is 2. The number of carbonyl (C=O) groups excluding carboxylic acids is 4. The molecular formula is C22H31N3O5. The smallest absolute Gasteiger partial charge is 0.327 e. The lowest BCUT2D eigenvalue weighted by Gasteiger charge is -2.22. The minimum Gasteiger partial charge on any atom is -0.451 e. The van der Waals surface area contributed by atoms with E-state index in [1.54, 1.807) is 13.0 Å². The van der Waals surface area contributed by atoms with Crippen LogP contribution in [0, 0.1) is 19.8 Å². The second kappa shape index (κ2) is 9.28. The first-order valence-corrected chi connectivity index (χ1v) is 10.1. The van der Waals surface area contributed by atoms with Crippen LogP contribution in [-0.2, 0) is 19.1 Å². The largest absolute Gasteiger partial charge is 0.451 e. The van der Waals surface area contributed by atoms with Crippen molar-refractivity contribution < 1.29 is 23.9 Å². The first-order chi connectivity index (χ1) is 13.9. The highest BCUT2D eigenvalue weighted by molar-refractivity contribution is 6.08. The topological polar surface area (TPSA) is 105 Å². The number of nitrogens with zero attached hydrogens (tertiary/aromatic N) is 1. The molecule has 1 heterocycles. The van der Waals surface area contributed by atoms with Crippen LogP contribution >= 0.6 is 0 Å². The molecule has 0 spiro atoms. The van der Waals surface area contributed by atoms with Gasteiger partial charge in [-0.3, -0.25) is 19.3 Å². The Bertz CT molecular complexity index is 851. The van der Waals surface area contributed by atoms with Crippen molar-refractivity contribution in [1.82, 2.24) is 10.2 Å². The molecule has 1 aromatic carbocycles. The molecule has 8 heteroatoms. The number of carbonyl (C=O) groups is 4. The van der Waals surface area contributed by atoms with Crippen LogP contribution in [0.3, 0.4) is 0 Å². The van der Waals surface area contributed by atoms with Gasteiger partial charge in [0, 0.05) is 5.69 Å². The number of imide groups is 1. The average Bonchev–Trinajstić information content (AvgIpc) is 2.85. The number of aryl methyl sites for hydroxylation is 2. The number of ether oxygens (including phenoxy) is 1. The number of benzene rings is 1. The van der Waals surface area contributed by atoms with Gasteiger partial charge in [-0.2, -0.15) is 0 Å². The molecular weight excluding hydrogens is 386 g/mol. The van der Waals surface area contributed by atoms with E-state index in [2.05, 4.69) is 10.6 Å². The molecule has 2 N–H and O–H groups in total. The number of esters is 1. The molecule has 1 aromatic rings. The third-order valence-corrected chi connectivity index (χ3v) is 5.17. The molecule has 0 aliphatic carbocycles. The molecule has 1 saturated heterocycles. The molecule has 1 fully saturated rings. The van der Waals surface area contributed by atoms with E-state index in [0.29, 0.717) is 18.0 Å². The monoisotopic (exact) mass is 417 g/mol. The molecule has 164 valence electrons. The van der Waals surface area contributed by atoms with Gasteiger partial charge in [0.2, 0.25) is 0 Å². The van der Waals surface area contributed by atoms with Crippen molar-refractivity contribution in [2.45, 2.75) is 66.0 Å². The van der Waals surface area contributed by atoms with E-state index in [0.717, 1.165) is 22.4 Å². The Morgan fingerprint density at radius 3 is 2.47 bits per heavy atom. The van der Waals surface area contributed by atoms with Gasteiger partial charge in [-0.15, -0.1) is 0 Å². The van der Waals surface area contributed by atoms with Crippen LogP contribution in [0.5, 0.6) is 0 Å². The predicted molar refractivity (Wildman–Crippen MR) is 113 cm³/mol. The molecule has 1 aliphatic heterocycles. The third-order valence-electron chi connectivity index (χ3n) is 5.17. The maximum atomic E-state index is 12.7. The fourth-order valence-electron chi connectivity index (χ4n) is 3.24. The Morgan fingerprint density at radius 2 is 1.87 bits per heavy atom. The van der Waals surface area contributed by atoms with Crippen molar-refractivity contribution >= 4 is 29.5 Å². The van der Waals surface area contributed by atoms with Crippen LogP contribution in [0.2, 0.25) is 0 Å². The van der Waals surface area contributed by atoms with E-state index in [1.807, 2.05) is 39.8 Å². The Kier molecular flexibility index (Phi) is 7.23. The fraction of sp³-hybridized carbons (Fsp3) is 0.545. The molecule has 0 radical (unpaired) electrons. The summed E-state index contributed by atoms with van der Waals surface area (Å²) in [4.78, 5) is 50.3. The van der Waals surface area contributed by atoms with E-state index in [1.165, 1.54) is 6.92 Å². The zero-order valence-corrected chi connectivity index (χ0v) is 18.5. The second-order valence-corrected chi connectivity index (χ2v) is 8.53. The van der Waals surface area contributed by atoms with Crippen molar-refractivity contribution in [1.29, 1.82) is 0 Å². The van der Waals surface area contributed by atoms with Crippen LogP contribution < -0.4 is 10.6 Å². The van der Waals surface area contributed by atoms with E-state index < -0.39 is 42.0 Å². The quantitative estimate of drug-likeness (QED) is 0.500. The summed E-state index contributed by atoms with van der Waals surface area (Å²) in [5.74, 6) is -1.40. The van der Waals surface area contributed by atoms with Crippen LogP contribution in [0.4, 0.5) is 10.5 Å². The van der Waals surface area contributed by atoms with Crippen molar-refractivity contribution in [2.24, 2.45) is 5.92 Å². The summed E-state index contributed by atoms with van der Waals surface area (Å²) in [6.45, 7) is 10.4. The van der Waals surface area contributed by atoms with E-state index in [9.17, 15) is 19.2 Å². The fourth-order valence-corrected chi connectivity index (χ4v) is 3.24. The number of anilines is 1. The molecule has 30 heavy (non-hydrogen) atoms. The van der Waals surface area contributed by atoms with Crippen LogP contribution in [0.25, 0.3) is 0 Å². The Labute approximate surface area is 177 Å². The minimum atomic E-state index is -1.08. The molecule has 8 nitrogen and oxygen atoms in total. The van der Waals surface area contributed by atoms with Gasteiger partial charge in [0.15, 0.2) is 6.10 Å². The molecule has 1 aliphatic rings. The van der Waals surface area contributed by atoms with Crippen LogP contribution in [0.1, 0.15) is 51.7 Å². The van der Waals surface area contributed by atoms with E-state index in [-0.39, 0.29) is 0 Å². The van der Waals surface area contributed by atoms with Gasteiger partial charge < -0.3 is 15.4 Å². The molecule has 0 bridgehead atoms. The van der Waals surface area contributed by atoms with E-state index in [4.69, 9.17) is 4.74 Å². The highest BCUT2D eigenvalue weighted by Crippen LogP contribution is 2.24. The molecule has 0 saturated carbocycles. The van der Waals surface area contributed by atoms with E-state index >= 15 is 0 Å². The zero-order valence-electron chi connectivity index (χ0n) is 18.5. The number of amides is 4. The van der Waals surface area contributed by atoms with Gasteiger partial charge in [-0.05, 0) is 58.1 Å². The van der Waals surface area contributed by atoms with Crippen molar-refractivity contribution in [3.05, 3.63) is 29.3 Å². The Morgan fingerprint density at radius 1 is 1.20 bits per heavy atom. The van der Waals surface area contributed by atoms with Gasteiger partial charge in [-0.1, -0.05) is 31.5 Å². The number of hydrogen-bond acceptors (Lipinski definition) is 5. The Hall–Kier alpha value is -2.90. The van der Waals surface area contributed by atoms with Crippen LogP contribution in [0.15, 0.2) is 18.2 Å². The molecule has 0 aromatic heterocycles. The summed E-state index contributed by atoms with van der Waals surface area (Å²) < 4.78 is 5.15. The highest BCUT2D eigenvalue weighted by Gasteiger charge is 2.48. The summed E-state index contributed by atoms with van der Waals surface area (Å²) in [5.41, 5.74) is 1.55. The highest BCUT2D eigenvalue weighted by atomic mass is 16.5. The lowest BCUT2D eigenvalue weighted by Crippen LogP contribution is -2.44. The Balaban J connectivity index is 1.93. The standard InChI is InChI=1S/C22H31N3O5/c1-13(2)9-10-22(6)20(28)25(21(29)24-22)12-18(26)30-16(5)19(27)23-17-8-7-14(3)11-15(17)4/h7-8,11,13,16H,9-10,12H2,1-6H3,(H,23,27)(H,24,29)/t16-,22-/m0/s1. The number of rotatable bonds is 8. The maximum Gasteiger partial charge on any atom is 0.327 e. The van der Waals surface area contributed by atoms with Gasteiger partial charge in [0.1, 0.15) is 12.1 Å². The first-order valence-electron chi connectivity index (χ1n) is 10.1. The minimum absolute atomic E-state index is 0.377. The summed E-state index contributed by atoms with van der Waals surface area (Å²) in [6.07, 6.45) is 0.164. The normalized spacial score (nSPS) is 19.6. The lowest BCUT2D eigenvalue weighted by molar-refractivity contribution is -0.155. The molecule has 2 rings (SSSR count). The molecule has 2 atom stereocenters. The van der Waals surface area contributed by atoms with Crippen molar-refractivity contribution in [2.75, 3.05) is 11.9 Å². The number of urea groups is 1. The summed E-state index contributed by atoms with van der Waals surface area (Å²) in [6, 6.07) is 4.95. The maximum absolute atomic E-state index is 12.7. The predicted octanol–water partition coefficient (Wildman–Crippen LogP) is 2.92. The number of nitrogens with one attached hydrogen (secondary N) is 2. The zero-order chi connectivity index (χ0) is 22.6. The first kappa shape index (κ1) is 23.4. The van der Waals surface area contributed by atoms with Gasteiger partial charge >= 0.3 is 12.0 Å². The average molecular weight is 418 g/mol. The lowest BCUT2D eigenvalue weighted by atomic mass is 9.92. The molecule has 4 amide bonds. The summed E-state index contributed by atoms with van der Waals surface area (Å²) in [5, 5.41) is 5.38. The second-order valence-electron chi connectivity index (χ2n) is 8.53. The summed E-state index contributed by atoms with van der Waals surface area (Å²) >= 11 is 0.